The van der Waals surface area contributed by atoms with Crippen molar-refractivity contribution in [3.8, 4) is 0 Å². The highest BCUT2D eigenvalue weighted by molar-refractivity contribution is 5.78. The Kier molecular flexibility index (Phi) is 9.60. The number of imidazole rings is 1. The monoisotopic (exact) mass is 551 g/mol. The van der Waals surface area contributed by atoms with Crippen LogP contribution < -0.4 is 5.32 Å². The first-order valence-corrected chi connectivity index (χ1v) is 15.0. The van der Waals surface area contributed by atoms with E-state index in [0.717, 1.165) is 51.1 Å². The standard InChI is InChI=1S/C32H49N5O3/c1-22(2)30(38)36-18-15-28-29(21-36)37(24(4)34-28)27-13-16-35(17-14-27)23(3)19-26(25-11-9-8-10-12-25)20-33-31(39)40-32(5,6)7/h8-12,22-23,26-27H,13-21H2,1-7H3,(H,33,39)/t23?,26-/m1/s1. The van der Waals surface area contributed by atoms with Gasteiger partial charge in [0.05, 0.1) is 17.9 Å². The van der Waals surface area contributed by atoms with Crippen molar-refractivity contribution in [2.45, 2.75) is 104 Å². The average molecular weight is 552 g/mol. The number of aromatic nitrogens is 2. The molecule has 8 heteroatoms. The molecule has 2 aliphatic rings. The van der Waals surface area contributed by atoms with Crippen LogP contribution in [0.2, 0.25) is 0 Å². The Bertz CT molecular complexity index is 1150. The lowest BCUT2D eigenvalue weighted by molar-refractivity contribution is -0.135. The number of fused-ring (bicyclic) bond motifs is 1. The zero-order valence-electron chi connectivity index (χ0n) is 25.6. The maximum absolute atomic E-state index is 12.7. The van der Waals surface area contributed by atoms with Crippen LogP contribution in [0.25, 0.3) is 0 Å². The Hall–Kier alpha value is -2.87. The number of nitrogens with zero attached hydrogens (tertiary/aromatic N) is 4. The van der Waals surface area contributed by atoms with Gasteiger partial charge in [-0.05, 0) is 59.4 Å². The third-order valence-corrected chi connectivity index (χ3v) is 8.31. The summed E-state index contributed by atoms with van der Waals surface area (Å²) in [4.78, 5) is 34.6. The molecule has 1 saturated heterocycles. The molecule has 3 heterocycles. The molecule has 1 unspecified atom stereocenters. The first kappa shape index (κ1) is 30.1. The number of aryl methyl sites for hydroxylation is 1. The zero-order chi connectivity index (χ0) is 29.0. The van der Waals surface area contributed by atoms with E-state index in [0.29, 0.717) is 25.2 Å². The number of alkyl carbamates (subject to hydrolysis) is 1. The molecule has 1 N–H and O–H groups in total. The van der Waals surface area contributed by atoms with E-state index < -0.39 is 5.60 Å². The van der Waals surface area contributed by atoms with Gasteiger partial charge in [0.25, 0.3) is 0 Å². The van der Waals surface area contributed by atoms with Crippen molar-refractivity contribution >= 4 is 12.0 Å². The number of nitrogens with one attached hydrogen (secondary N) is 1. The van der Waals surface area contributed by atoms with Crippen LogP contribution in [-0.2, 0) is 22.5 Å². The fourth-order valence-corrected chi connectivity index (χ4v) is 6.28. The van der Waals surface area contributed by atoms with Gasteiger partial charge >= 0.3 is 6.09 Å². The van der Waals surface area contributed by atoms with Crippen LogP contribution >= 0.6 is 0 Å². The summed E-state index contributed by atoms with van der Waals surface area (Å²) in [5.74, 6) is 1.53. The number of likely N-dealkylation sites (tertiary alicyclic amines) is 1. The molecule has 2 aliphatic heterocycles. The summed E-state index contributed by atoms with van der Waals surface area (Å²) < 4.78 is 7.92. The molecule has 4 rings (SSSR count). The second kappa shape index (κ2) is 12.8. The molecular formula is C32H49N5O3. The summed E-state index contributed by atoms with van der Waals surface area (Å²) >= 11 is 0. The topological polar surface area (TPSA) is 79.7 Å². The molecule has 0 saturated carbocycles. The van der Waals surface area contributed by atoms with E-state index in [1.165, 1.54) is 17.0 Å². The molecule has 220 valence electrons. The smallest absolute Gasteiger partial charge is 0.407 e. The Morgan fingerprint density at radius 2 is 1.75 bits per heavy atom. The van der Waals surface area contributed by atoms with Gasteiger partial charge in [0.2, 0.25) is 5.91 Å². The lowest BCUT2D eigenvalue weighted by Crippen LogP contribution is -2.43. The minimum atomic E-state index is -0.515. The summed E-state index contributed by atoms with van der Waals surface area (Å²) in [5, 5.41) is 3.01. The van der Waals surface area contributed by atoms with E-state index in [1.54, 1.807) is 0 Å². The van der Waals surface area contributed by atoms with Crippen LogP contribution in [0.4, 0.5) is 4.79 Å². The van der Waals surface area contributed by atoms with Crippen LogP contribution in [0.15, 0.2) is 30.3 Å². The summed E-state index contributed by atoms with van der Waals surface area (Å²) in [6.07, 6.45) is 3.57. The van der Waals surface area contributed by atoms with Gasteiger partial charge in [-0.25, -0.2) is 9.78 Å². The Labute approximate surface area is 240 Å². The van der Waals surface area contributed by atoms with Gasteiger partial charge < -0.3 is 24.4 Å². The van der Waals surface area contributed by atoms with Crippen LogP contribution in [0, 0.1) is 12.8 Å². The molecular weight excluding hydrogens is 502 g/mol. The van der Waals surface area contributed by atoms with E-state index >= 15 is 0 Å². The third-order valence-electron chi connectivity index (χ3n) is 8.31. The molecule has 40 heavy (non-hydrogen) atoms. The summed E-state index contributed by atoms with van der Waals surface area (Å²) in [6.45, 7) is 18.1. The van der Waals surface area contributed by atoms with Crippen molar-refractivity contribution in [3.05, 3.63) is 53.1 Å². The van der Waals surface area contributed by atoms with Gasteiger partial charge in [-0.1, -0.05) is 44.2 Å². The maximum atomic E-state index is 12.7. The van der Waals surface area contributed by atoms with Gasteiger partial charge in [-0.2, -0.15) is 0 Å². The molecule has 2 amide bonds. The van der Waals surface area contributed by atoms with Crippen molar-refractivity contribution in [1.29, 1.82) is 0 Å². The zero-order valence-corrected chi connectivity index (χ0v) is 25.6. The molecule has 2 atom stereocenters. The Balaban J connectivity index is 1.38. The van der Waals surface area contributed by atoms with E-state index in [-0.39, 0.29) is 23.8 Å². The fraction of sp³-hybridized carbons (Fsp3) is 0.656. The van der Waals surface area contributed by atoms with E-state index in [4.69, 9.17) is 9.72 Å². The number of piperidine rings is 1. The number of benzene rings is 1. The summed E-state index contributed by atoms with van der Waals surface area (Å²) in [7, 11) is 0. The van der Waals surface area contributed by atoms with Gasteiger partial charge in [0.15, 0.2) is 0 Å². The predicted molar refractivity (Wildman–Crippen MR) is 158 cm³/mol. The van der Waals surface area contributed by atoms with Crippen molar-refractivity contribution in [3.63, 3.8) is 0 Å². The molecule has 8 nitrogen and oxygen atoms in total. The first-order chi connectivity index (χ1) is 18.9. The highest BCUT2D eigenvalue weighted by Crippen LogP contribution is 2.32. The lowest BCUT2D eigenvalue weighted by atomic mass is 9.91. The van der Waals surface area contributed by atoms with Crippen molar-refractivity contribution < 1.29 is 14.3 Å². The largest absolute Gasteiger partial charge is 0.444 e. The van der Waals surface area contributed by atoms with Crippen molar-refractivity contribution in [2.75, 3.05) is 26.2 Å². The van der Waals surface area contributed by atoms with Gasteiger partial charge in [0, 0.05) is 56.5 Å². The molecule has 0 spiro atoms. The highest BCUT2D eigenvalue weighted by atomic mass is 16.6. The molecule has 0 radical (unpaired) electrons. The molecule has 0 aliphatic carbocycles. The van der Waals surface area contributed by atoms with Gasteiger partial charge in [-0.15, -0.1) is 0 Å². The minimum absolute atomic E-state index is 0.0165. The minimum Gasteiger partial charge on any atom is -0.444 e. The van der Waals surface area contributed by atoms with E-state index in [1.807, 2.05) is 45.6 Å². The molecule has 1 aromatic heterocycles. The van der Waals surface area contributed by atoms with Gasteiger partial charge in [-0.3, -0.25) is 4.79 Å². The van der Waals surface area contributed by atoms with E-state index in [2.05, 4.69) is 52.9 Å². The number of carbonyl (C=O) groups excluding carboxylic acids is 2. The second-order valence-corrected chi connectivity index (χ2v) is 12.9. The van der Waals surface area contributed by atoms with Crippen LogP contribution in [0.5, 0.6) is 0 Å². The Morgan fingerprint density at radius 1 is 1.07 bits per heavy atom. The summed E-state index contributed by atoms with van der Waals surface area (Å²) in [6, 6.07) is 11.3. The number of hydrogen-bond acceptors (Lipinski definition) is 5. The third kappa shape index (κ3) is 7.45. The van der Waals surface area contributed by atoms with Crippen LogP contribution in [-0.4, -0.2) is 69.2 Å². The average Bonchev–Trinajstić information content (AvgIpc) is 3.24. The number of carbonyl (C=O) groups is 2. The van der Waals surface area contributed by atoms with E-state index in [9.17, 15) is 9.59 Å². The number of rotatable bonds is 8. The molecule has 0 bridgehead atoms. The van der Waals surface area contributed by atoms with Crippen molar-refractivity contribution in [1.82, 2.24) is 24.7 Å². The molecule has 1 aromatic carbocycles. The maximum Gasteiger partial charge on any atom is 0.407 e. The number of ether oxygens (including phenoxy) is 1. The number of hydrogen-bond donors (Lipinski definition) is 1. The fourth-order valence-electron chi connectivity index (χ4n) is 6.28. The van der Waals surface area contributed by atoms with Crippen LogP contribution in [0.1, 0.15) is 95.5 Å². The molecule has 1 fully saturated rings. The first-order valence-electron chi connectivity index (χ1n) is 15.0. The number of amides is 2. The van der Waals surface area contributed by atoms with Crippen LogP contribution in [0.3, 0.4) is 0 Å². The van der Waals surface area contributed by atoms with Crippen molar-refractivity contribution in [2.24, 2.45) is 5.92 Å². The highest BCUT2D eigenvalue weighted by Gasteiger charge is 2.32. The summed E-state index contributed by atoms with van der Waals surface area (Å²) in [5.41, 5.74) is 3.13. The normalized spacial score (nSPS) is 18.4. The van der Waals surface area contributed by atoms with Gasteiger partial charge in [0.1, 0.15) is 11.4 Å². The second-order valence-electron chi connectivity index (χ2n) is 12.9. The quantitative estimate of drug-likeness (QED) is 0.472. The SMILES string of the molecule is Cc1nc2c(n1C1CCN(C(C)C[C@H](CNC(=O)OC(C)(C)C)c3ccccc3)CC1)CN(C(=O)C(C)C)CC2. The Morgan fingerprint density at radius 3 is 2.38 bits per heavy atom. The lowest BCUT2D eigenvalue weighted by Gasteiger charge is -2.39. The predicted octanol–water partition coefficient (Wildman–Crippen LogP) is 5.46. The molecule has 2 aromatic rings.